The maximum atomic E-state index is 10.8. The zero-order valence-corrected chi connectivity index (χ0v) is 22.1. The maximum absolute atomic E-state index is 10.8. The van der Waals surface area contributed by atoms with E-state index in [1.165, 1.54) is 51.4 Å². The molecule has 0 aromatic carbocycles. The quantitative estimate of drug-likeness (QED) is 0.434. The summed E-state index contributed by atoms with van der Waals surface area (Å²) in [6.07, 6.45) is 14.5. The molecule has 1 unspecified atom stereocenters. The third kappa shape index (κ3) is 3.41. The minimum absolute atomic E-state index is 0.0279. The lowest BCUT2D eigenvalue weighted by molar-refractivity contribution is -0.0962. The van der Waals surface area contributed by atoms with Crippen LogP contribution in [0.4, 0.5) is 0 Å². The van der Waals surface area contributed by atoms with E-state index in [0.717, 1.165) is 30.3 Å². The highest BCUT2D eigenvalue weighted by Crippen LogP contribution is 2.72. The zero-order chi connectivity index (χ0) is 23.5. The molecule has 4 rings (SSSR count). The largest absolute Gasteiger partial charge is 0.393 e. The smallest absolute Gasteiger partial charge is 0.0639 e. The van der Waals surface area contributed by atoms with Crippen molar-refractivity contribution in [2.75, 3.05) is 6.61 Å². The van der Waals surface area contributed by atoms with Gasteiger partial charge in [0.15, 0.2) is 0 Å². The second-order valence-corrected chi connectivity index (χ2v) is 13.5. The number of hydrogen-bond donors (Lipinski definition) is 2. The van der Waals surface area contributed by atoms with Crippen LogP contribution in [0, 0.1) is 39.4 Å². The molecule has 2 N–H and O–H groups in total. The number of aliphatic hydroxyl groups is 2. The molecule has 2 saturated carbocycles. The van der Waals surface area contributed by atoms with E-state index in [4.69, 9.17) is 0 Å². The summed E-state index contributed by atoms with van der Waals surface area (Å²) in [6, 6.07) is 0. The first-order chi connectivity index (χ1) is 14.9. The van der Waals surface area contributed by atoms with Crippen LogP contribution in [-0.4, -0.2) is 22.9 Å². The fourth-order valence-corrected chi connectivity index (χ4v) is 9.49. The summed E-state index contributed by atoms with van der Waals surface area (Å²) < 4.78 is 0. The highest BCUT2D eigenvalue weighted by atomic mass is 16.3. The number of fused-ring (bicyclic) bond motifs is 4. The van der Waals surface area contributed by atoms with Crippen molar-refractivity contribution in [1.82, 2.24) is 0 Å². The molecule has 2 heteroatoms. The highest BCUT2D eigenvalue weighted by molar-refractivity contribution is 5.38. The second kappa shape index (κ2) is 8.26. The SMILES string of the molecule is C/C(=C\CC[C@@H](C)[C@H]1CC[C@@]2(C)C3=C(CC[C@]12C)[C@@]1(C)CCC(O)C(C)(C)[C@@H]1CC3)CO. The van der Waals surface area contributed by atoms with Gasteiger partial charge in [0.2, 0.25) is 0 Å². The number of rotatable bonds is 5. The number of aliphatic hydroxyl groups excluding tert-OH is 2. The first-order valence-electron chi connectivity index (χ1n) is 13.6. The van der Waals surface area contributed by atoms with E-state index in [-0.39, 0.29) is 23.5 Å². The Labute approximate surface area is 198 Å². The first-order valence-corrected chi connectivity index (χ1v) is 13.6. The van der Waals surface area contributed by atoms with Crippen LogP contribution < -0.4 is 0 Å². The van der Waals surface area contributed by atoms with E-state index in [9.17, 15) is 10.2 Å². The van der Waals surface area contributed by atoms with Crippen molar-refractivity contribution in [2.24, 2.45) is 39.4 Å². The van der Waals surface area contributed by atoms with Crippen LogP contribution in [0.1, 0.15) is 113 Å². The van der Waals surface area contributed by atoms with Crippen LogP contribution in [0.3, 0.4) is 0 Å². The summed E-state index contributed by atoms with van der Waals surface area (Å²) in [5.41, 5.74) is 5.86. The van der Waals surface area contributed by atoms with E-state index in [0.29, 0.717) is 16.7 Å². The summed E-state index contributed by atoms with van der Waals surface area (Å²) >= 11 is 0. The molecule has 0 radical (unpaired) electrons. The van der Waals surface area contributed by atoms with Gasteiger partial charge >= 0.3 is 0 Å². The van der Waals surface area contributed by atoms with Crippen molar-refractivity contribution in [3.63, 3.8) is 0 Å². The van der Waals surface area contributed by atoms with Gasteiger partial charge in [-0.25, -0.2) is 0 Å². The average molecular weight is 443 g/mol. The fraction of sp³-hybridized carbons (Fsp3) is 0.867. The topological polar surface area (TPSA) is 40.5 Å². The molecule has 4 aliphatic carbocycles. The molecule has 2 fully saturated rings. The van der Waals surface area contributed by atoms with E-state index in [1.54, 1.807) is 0 Å². The highest BCUT2D eigenvalue weighted by Gasteiger charge is 2.63. The van der Waals surface area contributed by atoms with Gasteiger partial charge in [0.05, 0.1) is 12.7 Å². The van der Waals surface area contributed by atoms with Gasteiger partial charge in [-0.2, -0.15) is 0 Å². The zero-order valence-electron chi connectivity index (χ0n) is 22.1. The summed E-state index contributed by atoms with van der Waals surface area (Å²) in [4.78, 5) is 0. The van der Waals surface area contributed by atoms with Crippen LogP contribution >= 0.6 is 0 Å². The van der Waals surface area contributed by atoms with Gasteiger partial charge in [-0.05, 0) is 111 Å². The Kier molecular flexibility index (Phi) is 6.33. The molecule has 0 heterocycles. The molecule has 7 atom stereocenters. The normalized spacial score (nSPS) is 44.7. The molecule has 0 aromatic heterocycles. The third-order valence-electron chi connectivity index (χ3n) is 11.8. The third-order valence-corrected chi connectivity index (χ3v) is 11.8. The summed E-state index contributed by atoms with van der Waals surface area (Å²) in [7, 11) is 0. The minimum atomic E-state index is -0.146. The lowest BCUT2D eigenvalue weighted by Gasteiger charge is -2.62. The van der Waals surface area contributed by atoms with Gasteiger partial charge in [-0.1, -0.05) is 64.3 Å². The predicted molar refractivity (Wildman–Crippen MR) is 134 cm³/mol. The molecule has 0 aliphatic heterocycles. The lowest BCUT2D eigenvalue weighted by atomic mass is 9.43. The van der Waals surface area contributed by atoms with Gasteiger partial charge in [0, 0.05) is 0 Å². The summed E-state index contributed by atoms with van der Waals surface area (Å²) in [5.74, 6) is 2.16. The first kappa shape index (κ1) is 24.5. The lowest BCUT2D eigenvalue weighted by Crippen LogP contribution is -2.55. The molecule has 0 saturated heterocycles. The number of hydrogen-bond acceptors (Lipinski definition) is 2. The Morgan fingerprint density at radius 2 is 1.72 bits per heavy atom. The Balaban J connectivity index is 1.62. The van der Waals surface area contributed by atoms with Crippen LogP contribution in [-0.2, 0) is 0 Å². The molecule has 182 valence electrons. The van der Waals surface area contributed by atoms with Crippen molar-refractivity contribution < 1.29 is 10.2 Å². The molecule has 0 amide bonds. The Hall–Kier alpha value is -0.600. The van der Waals surface area contributed by atoms with E-state index >= 15 is 0 Å². The summed E-state index contributed by atoms with van der Waals surface area (Å²) in [5, 5.41) is 20.1. The van der Waals surface area contributed by atoms with Gasteiger partial charge in [-0.3, -0.25) is 0 Å². The van der Waals surface area contributed by atoms with Crippen LogP contribution in [0.25, 0.3) is 0 Å². The van der Waals surface area contributed by atoms with Crippen LogP contribution in [0.2, 0.25) is 0 Å². The second-order valence-electron chi connectivity index (χ2n) is 13.5. The molecular formula is C30H50O2. The van der Waals surface area contributed by atoms with Crippen molar-refractivity contribution in [3.05, 3.63) is 22.8 Å². The van der Waals surface area contributed by atoms with E-state index in [1.807, 2.05) is 18.1 Å². The predicted octanol–water partition coefficient (Wildman–Crippen LogP) is 7.45. The Morgan fingerprint density at radius 1 is 1.00 bits per heavy atom. The molecule has 4 aliphatic rings. The number of allylic oxidation sites excluding steroid dienone is 3. The van der Waals surface area contributed by atoms with Crippen LogP contribution in [0.5, 0.6) is 0 Å². The summed E-state index contributed by atoms with van der Waals surface area (Å²) in [6.45, 7) is 17.2. The molecule has 2 nitrogen and oxygen atoms in total. The molecule has 0 spiro atoms. The minimum Gasteiger partial charge on any atom is -0.393 e. The molecular weight excluding hydrogens is 392 g/mol. The van der Waals surface area contributed by atoms with E-state index in [2.05, 4.69) is 47.6 Å². The van der Waals surface area contributed by atoms with Gasteiger partial charge in [0.1, 0.15) is 0 Å². The van der Waals surface area contributed by atoms with Crippen LogP contribution in [0.15, 0.2) is 22.8 Å². The fourth-order valence-electron chi connectivity index (χ4n) is 9.49. The van der Waals surface area contributed by atoms with Crippen molar-refractivity contribution in [1.29, 1.82) is 0 Å². The van der Waals surface area contributed by atoms with Gasteiger partial charge in [-0.15, -0.1) is 0 Å². The molecule has 0 aromatic rings. The van der Waals surface area contributed by atoms with Crippen molar-refractivity contribution in [3.8, 4) is 0 Å². The van der Waals surface area contributed by atoms with Crippen molar-refractivity contribution in [2.45, 2.75) is 119 Å². The monoisotopic (exact) mass is 442 g/mol. The molecule has 32 heavy (non-hydrogen) atoms. The molecule has 0 bridgehead atoms. The van der Waals surface area contributed by atoms with Gasteiger partial charge in [0.25, 0.3) is 0 Å². The van der Waals surface area contributed by atoms with Gasteiger partial charge < -0.3 is 10.2 Å². The Bertz CT molecular complexity index is 791. The Morgan fingerprint density at radius 3 is 2.41 bits per heavy atom. The van der Waals surface area contributed by atoms with E-state index < -0.39 is 0 Å². The van der Waals surface area contributed by atoms with Crippen molar-refractivity contribution >= 4 is 0 Å². The maximum Gasteiger partial charge on any atom is 0.0639 e. The average Bonchev–Trinajstić information content (AvgIpc) is 3.02. The standard InChI is InChI=1S/C30H50O2/c1-20(19-31)9-8-10-21(2)22-13-17-30(7)24-11-12-25-27(3,4)26(32)15-16-28(25,5)23(24)14-18-29(22,30)6/h9,21-22,25-26,31-32H,8,10-19H2,1-7H3/b20-9+/t21-,22-,25+,26?,28-,29-,30+/m1/s1.